The summed E-state index contributed by atoms with van der Waals surface area (Å²) in [6.45, 7) is 6.92. The van der Waals surface area contributed by atoms with Crippen molar-refractivity contribution in [2.24, 2.45) is 16.8 Å². The predicted molar refractivity (Wildman–Crippen MR) is 120 cm³/mol. The fourth-order valence-corrected chi connectivity index (χ4v) is 6.07. The van der Waals surface area contributed by atoms with Gasteiger partial charge in [0.2, 0.25) is 0 Å². The van der Waals surface area contributed by atoms with Crippen molar-refractivity contribution in [3.8, 4) is 0 Å². The molecular formula is C23H31N3O3S. The van der Waals surface area contributed by atoms with Crippen LogP contribution in [0.25, 0.3) is 0 Å². The molecule has 1 saturated heterocycles. The SMILES string of the molecule is CC(C)(C)OC(=O)N1C[C@H]2CSC(NC(=O)c3ccccc3)=N[C@@]2(C2CCCC2)C1. The first-order valence-corrected chi connectivity index (χ1v) is 11.8. The van der Waals surface area contributed by atoms with Gasteiger partial charge in [0.25, 0.3) is 5.91 Å². The molecule has 6 nitrogen and oxygen atoms in total. The highest BCUT2D eigenvalue weighted by molar-refractivity contribution is 8.13. The number of hydrogen-bond acceptors (Lipinski definition) is 5. The number of carbonyl (C=O) groups excluding carboxylic acids is 2. The molecule has 2 aliphatic heterocycles. The Morgan fingerprint density at radius 2 is 1.87 bits per heavy atom. The van der Waals surface area contributed by atoms with E-state index in [1.54, 1.807) is 23.9 Å². The first-order valence-electron chi connectivity index (χ1n) is 10.8. The Labute approximate surface area is 182 Å². The topological polar surface area (TPSA) is 71.0 Å². The highest BCUT2D eigenvalue weighted by Gasteiger charge is 2.55. The molecule has 4 rings (SSSR count). The maximum Gasteiger partial charge on any atom is 0.410 e. The van der Waals surface area contributed by atoms with E-state index in [4.69, 9.17) is 9.73 Å². The smallest absolute Gasteiger partial charge is 0.410 e. The number of amides is 2. The lowest BCUT2D eigenvalue weighted by atomic mass is 9.76. The number of benzene rings is 1. The van der Waals surface area contributed by atoms with Gasteiger partial charge < -0.3 is 15.0 Å². The number of fused-ring (bicyclic) bond motifs is 1. The van der Waals surface area contributed by atoms with Gasteiger partial charge in [0.15, 0.2) is 5.17 Å². The minimum absolute atomic E-state index is 0.135. The summed E-state index contributed by atoms with van der Waals surface area (Å²) in [5.41, 5.74) is -0.212. The summed E-state index contributed by atoms with van der Waals surface area (Å²) in [6.07, 6.45) is 4.42. The average Bonchev–Trinajstić information content (AvgIpc) is 3.36. The minimum Gasteiger partial charge on any atom is -0.444 e. The van der Waals surface area contributed by atoms with Crippen LogP contribution in [0.1, 0.15) is 56.8 Å². The summed E-state index contributed by atoms with van der Waals surface area (Å²) in [7, 11) is 0. The second-order valence-corrected chi connectivity index (χ2v) is 10.6. The van der Waals surface area contributed by atoms with Crippen molar-refractivity contribution in [3.63, 3.8) is 0 Å². The van der Waals surface area contributed by atoms with Crippen molar-refractivity contribution in [2.45, 2.75) is 57.6 Å². The Hall–Kier alpha value is -2.02. The Bertz CT molecular complexity index is 830. The molecule has 2 heterocycles. The van der Waals surface area contributed by atoms with E-state index in [9.17, 15) is 9.59 Å². The third kappa shape index (κ3) is 4.36. The molecule has 1 aromatic rings. The van der Waals surface area contributed by atoms with Crippen LogP contribution in [0.5, 0.6) is 0 Å². The molecular weight excluding hydrogens is 398 g/mol. The van der Waals surface area contributed by atoms with Crippen LogP contribution in [0, 0.1) is 11.8 Å². The van der Waals surface area contributed by atoms with Gasteiger partial charge >= 0.3 is 6.09 Å². The average molecular weight is 430 g/mol. The zero-order valence-corrected chi connectivity index (χ0v) is 18.8. The van der Waals surface area contributed by atoms with E-state index in [0.29, 0.717) is 29.7 Å². The summed E-state index contributed by atoms with van der Waals surface area (Å²) in [5.74, 6) is 1.45. The van der Waals surface area contributed by atoms with Crippen molar-refractivity contribution >= 4 is 28.9 Å². The molecule has 2 amide bonds. The van der Waals surface area contributed by atoms with Crippen LogP contribution in [0.15, 0.2) is 35.3 Å². The van der Waals surface area contributed by atoms with Gasteiger partial charge in [-0.2, -0.15) is 0 Å². The molecule has 0 aromatic heterocycles. The van der Waals surface area contributed by atoms with E-state index >= 15 is 0 Å². The Morgan fingerprint density at radius 1 is 1.17 bits per heavy atom. The Balaban J connectivity index is 1.57. The van der Waals surface area contributed by atoms with Crippen LogP contribution in [-0.2, 0) is 4.74 Å². The van der Waals surface area contributed by atoms with Gasteiger partial charge in [-0.05, 0) is 51.7 Å². The van der Waals surface area contributed by atoms with Gasteiger partial charge in [0.1, 0.15) is 5.60 Å². The van der Waals surface area contributed by atoms with E-state index < -0.39 is 5.60 Å². The number of thioether (sulfide) groups is 1. The third-order valence-electron chi connectivity index (χ3n) is 6.29. The van der Waals surface area contributed by atoms with Crippen molar-refractivity contribution < 1.29 is 14.3 Å². The van der Waals surface area contributed by atoms with Crippen molar-refractivity contribution in [3.05, 3.63) is 35.9 Å². The van der Waals surface area contributed by atoms with E-state index in [2.05, 4.69) is 5.32 Å². The number of rotatable bonds is 2. The van der Waals surface area contributed by atoms with E-state index in [1.165, 1.54) is 12.8 Å². The summed E-state index contributed by atoms with van der Waals surface area (Å²) < 4.78 is 5.65. The van der Waals surface area contributed by atoms with Crippen molar-refractivity contribution in [1.82, 2.24) is 10.2 Å². The van der Waals surface area contributed by atoms with Gasteiger partial charge in [-0.1, -0.05) is 42.8 Å². The summed E-state index contributed by atoms with van der Waals surface area (Å²) in [6, 6.07) is 9.22. The van der Waals surface area contributed by atoms with Crippen molar-refractivity contribution in [1.29, 1.82) is 0 Å². The zero-order valence-electron chi connectivity index (χ0n) is 18.0. The second-order valence-electron chi connectivity index (χ2n) is 9.58. The number of amidine groups is 1. The number of nitrogens with one attached hydrogen (secondary N) is 1. The first kappa shape index (κ1) is 21.2. The number of likely N-dealkylation sites (tertiary alicyclic amines) is 1. The predicted octanol–water partition coefficient (Wildman–Crippen LogP) is 4.32. The standard InChI is InChI=1S/C23H31N3O3S/c1-22(2,3)29-21(28)26-13-18-14-30-20(24-19(27)16-9-5-4-6-10-16)25-23(18,15-26)17-11-7-8-12-17/h4-6,9-10,17-18H,7-8,11-15H2,1-3H3,(H,24,25,27)/t18-,23+/m0/s1. The highest BCUT2D eigenvalue weighted by Crippen LogP contribution is 2.48. The Morgan fingerprint density at radius 3 is 2.53 bits per heavy atom. The second kappa shape index (κ2) is 8.25. The fraction of sp³-hybridized carbons (Fsp3) is 0.609. The fourth-order valence-electron chi connectivity index (χ4n) is 4.92. The van der Waals surface area contributed by atoms with E-state index in [-0.39, 0.29) is 23.5 Å². The molecule has 1 saturated carbocycles. The molecule has 1 aromatic carbocycles. The number of nitrogens with zero attached hydrogens (tertiary/aromatic N) is 2. The molecule has 0 radical (unpaired) electrons. The molecule has 0 bridgehead atoms. The summed E-state index contributed by atoms with van der Waals surface area (Å²) in [5, 5.41) is 3.70. The molecule has 30 heavy (non-hydrogen) atoms. The number of aliphatic imine (C=N–C) groups is 1. The molecule has 2 atom stereocenters. The maximum absolute atomic E-state index is 12.8. The lowest BCUT2D eigenvalue weighted by Crippen LogP contribution is -2.49. The number of hydrogen-bond donors (Lipinski definition) is 1. The maximum atomic E-state index is 12.8. The van der Waals surface area contributed by atoms with Gasteiger partial charge in [-0.3, -0.25) is 9.79 Å². The molecule has 1 aliphatic carbocycles. The van der Waals surface area contributed by atoms with Crippen LogP contribution in [0.4, 0.5) is 4.79 Å². The zero-order chi connectivity index (χ0) is 21.4. The van der Waals surface area contributed by atoms with Crippen LogP contribution in [-0.4, -0.2) is 52.1 Å². The van der Waals surface area contributed by atoms with Crippen LogP contribution < -0.4 is 5.32 Å². The largest absolute Gasteiger partial charge is 0.444 e. The van der Waals surface area contributed by atoms with Gasteiger partial charge in [-0.25, -0.2) is 4.79 Å². The van der Waals surface area contributed by atoms with E-state index in [1.807, 2.05) is 43.9 Å². The van der Waals surface area contributed by atoms with Crippen LogP contribution in [0.3, 0.4) is 0 Å². The quantitative estimate of drug-likeness (QED) is 0.760. The minimum atomic E-state index is -0.516. The molecule has 7 heteroatoms. The summed E-state index contributed by atoms with van der Waals surface area (Å²) >= 11 is 1.59. The lowest BCUT2D eigenvalue weighted by Gasteiger charge is -2.39. The molecule has 0 spiro atoms. The van der Waals surface area contributed by atoms with Gasteiger partial charge in [-0.15, -0.1) is 0 Å². The molecule has 1 N–H and O–H groups in total. The number of carbonyl (C=O) groups is 2. The molecule has 162 valence electrons. The van der Waals surface area contributed by atoms with Crippen molar-refractivity contribution in [2.75, 3.05) is 18.8 Å². The number of ether oxygens (including phenoxy) is 1. The van der Waals surface area contributed by atoms with E-state index in [0.717, 1.165) is 18.6 Å². The lowest BCUT2D eigenvalue weighted by molar-refractivity contribution is 0.0277. The normalized spacial score (nSPS) is 26.8. The summed E-state index contributed by atoms with van der Waals surface area (Å²) in [4.78, 5) is 32.4. The monoisotopic (exact) mass is 429 g/mol. The Kier molecular flexibility index (Phi) is 5.84. The molecule has 3 aliphatic rings. The first-order chi connectivity index (χ1) is 14.3. The van der Waals surface area contributed by atoms with Gasteiger partial charge in [0.05, 0.1) is 5.54 Å². The van der Waals surface area contributed by atoms with Crippen LogP contribution >= 0.6 is 11.8 Å². The van der Waals surface area contributed by atoms with Crippen LogP contribution in [0.2, 0.25) is 0 Å². The van der Waals surface area contributed by atoms with Gasteiger partial charge in [0, 0.05) is 30.3 Å². The third-order valence-corrected chi connectivity index (χ3v) is 7.33. The highest BCUT2D eigenvalue weighted by atomic mass is 32.2. The molecule has 0 unspecified atom stereocenters. The molecule has 2 fully saturated rings.